The second kappa shape index (κ2) is 10.5. The number of carbonyl (C=O) groups excluding carboxylic acids is 1. The maximum Gasteiger partial charge on any atom is 0.244 e. The molecule has 2 aromatic carbocycles. The number of hydrogen-bond donors (Lipinski definition) is 2. The van der Waals surface area contributed by atoms with Gasteiger partial charge in [-0.25, -0.2) is 4.39 Å². The number of benzene rings is 2. The lowest BCUT2D eigenvalue weighted by atomic mass is 10.1. The van der Waals surface area contributed by atoms with Gasteiger partial charge in [0.2, 0.25) is 5.91 Å². The van der Waals surface area contributed by atoms with E-state index in [1.165, 1.54) is 35.8 Å². The Balaban J connectivity index is 1.85. The van der Waals surface area contributed by atoms with Crippen LogP contribution in [0.25, 0.3) is 6.08 Å². The van der Waals surface area contributed by atoms with Gasteiger partial charge in [-0.3, -0.25) is 4.79 Å². The molecule has 2 aromatic rings. The summed E-state index contributed by atoms with van der Waals surface area (Å²) in [5.74, 6) is -0.489. The predicted molar refractivity (Wildman–Crippen MR) is 106 cm³/mol. The van der Waals surface area contributed by atoms with Gasteiger partial charge in [0.25, 0.3) is 0 Å². The highest BCUT2D eigenvalue weighted by molar-refractivity contribution is 5.91. The summed E-state index contributed by atoms with van der Waals surface area (Å²) < 4.78 is 18.5. The van der Waals surface area contributed by atoms with Gasteiger partial charge in [0.1, 0.15) is 6.54 Å². The molecule has 0 aliphatic carbocycles. The summed E-state index contributed by atoms with van der Waals surface area (Å²) >= 11 is 0. The van der Waals surface area contributed by atoms with Gasteiger partial charge in [-0.15, -0.1) is 0 Å². The number of ether oxygens (including phenoxy) is 1. The van der Waals surface area contributed by atoms with Crippen molar-refractivity contribution in [3.8, 4) is 5.75 Å². The highest BCUT2D eigenvalue weighted by Gasteiger charge is 2.05. The molecular weight excluding hydrogens is 343 g/mol. The van der Waals surface area contributed by atoms with Crippen molar-refractivity contribution < 1.29 is 18.8 Å². The van der Waals surface area contributed by atoms with Crippen LogP contribution in [0.3, 0.4) is 0 Å². The van der Waals surface area contributed by atoms with Crippen LogP contribution in [0, 0.1) is 5.82 Å². The van der Waals surface area contributed by atoms with Crippen LogP contribution in [-0.4, -0.2) is 26.1 Å². The van der Waals surface area contributed by atoms with E-state index in [-0.39, 0.29) is 11.7 Å². The highest BCUT2D eigenvalue weighted by atomic mass is 19.1. The number of amides is 1. The summed E-state index contributed by atoms with van der Waals surface area (Å²) in [4.78, 5) is 13.5. The summed E-state index contributed by atoms with van der Waals surface area (Å²) in [6, 6.07) is 12.9. The molecule has 2 rings (SSSR count). The van der Waals surface area contributed by atoms with Crippen molar-refractivity contribution >= 4 is 12.0 Å². The minimum absolute atomic E-state index is 0.183. The van der Waals surface area contributed by atoms with E-state index >= 15 is 0 Å². The Morgan fingerprint density at radius 2 is 1.78 bits per heavy atom. The van der Waals surface area contributed by atoms with E-state index in [0.29, 0.717) is 12.1 Å². The minimum atomic E-state index is -0.452. The Bertz CT molecular complexity index is 768. The van der Waals surface area contributed by atoms with E-state index < -0.39 is 5.82 Å². The number of quaternary nitrogens is 1. The van der Waals surface area contributed by atoms with Gasteiger partial charge >= 0.3 is 0 Å². The van der Waals surface area contributed by atoms with Crippen LogP contribution in [0.4, 0.5) is 4.39 Å². The Hall–Kier alpha value is -2.66. The average molecular weight is 371 g/mol. The molecule has 0 heterocycles. The maximum atomic E-state index is 13.6. The van der Waals surface area contributed by atoms with Crippen LogP contribution in [0.1, 0.15) is 30.5 Å². The summed E-state index contributed by atoms with van der Waals surface area (Å²) in [5, 5.41) is 2.84. The third-order valence-electron chi connectivity index (χ3n) is 4.55. The number of hydrogen-bond acceptors (Lipinski definition) is 2. The minimum Gasteiger partial charge on any atom is -0.494 e. The molecule has 0 unspecified atom stereocenters. The van der Waals surface area contributed by atoms with Gasteiger partial charge in [-0.2, -0.15) is 0 Å². The molecule has 0 saturated heterocycles. The first kappa shape index (κ1) is 20.6. The molecule has 1 amide bonds. The Morgan fingerprint density at radius 3 is 2.37 bits per heavy atom. The van der Waals surface area contributed by atoms with E-state index in [4.69, 9.17) is 4.74 Å². The molecular formula is C22H28FN2O2+. The zero-order valence-electron chi connectivity index (χ0n) is 16.2. The Morgan fingerprint density at radius 1 is 1.11 bits per heavy atom. The second-order valence-corrected chi connectivity index (χ2v) is 6.40. The van der Waals surface area contributed by atoms with Crippen LogP contribution in [0.5, 0.6) is 5.75 Å². The highest BCUT2D eigenvalue weighted by Crippen LogP contribution is 2.18. The molecule has 4 nitrogen and oxygen atoms in total. The molecule has 27 heavy (non-hydrogen) atoms. The van der Waals surface area contributed by atoms with Crippen LogP contribution < -0.4 is 15.0 Å². The topological polar surface area (TPSA) is 42.8 Å². The normalized spacial score (nSPS) is 11.1. The van der Waals surface area contributed by atoms with E-state index in [1.807, 2.05) is 12.1 Å². The second-order valence-electron chi connectivity index (χ2n) is 6.40. The van der Waals surface area contributed by atoms with E-state index in [2.05, 4.69) is 31.3 Å². The fourth-order valence-electron chi connectivity index (χ4n) is 2.77. The fourth-order valence-corrected chi connectivity index (χ4v) is 2.77. The van der Waals surface area contributed by atoms with Gasteiger partial charge < -0.3 is 15.0 Å². The van der Waals surface area contributed by atoms with Crippen molar-refractivity contribution in [1.82, 2.24) is 5.32 Å². The fraction of sp³-hybridized carbons (Fsp3) is 0.318. The summed E-state index contributed by atoms with van der Waals surface area (Å²) in [6.45, 7) is 8.07. The monoisotopic (exact) mass is 371 g/mol. The zero-order chi connectivity index (χ0) is 19.6. The molecule has 5 heteroatoms. The SMILES string of the molecule is CC[NH+](CC)Cc1ccc(CNC(=O)/C=C/c2ccc(OC)c(F)c2)cc1. The first-order valence-electron chi connectivity index (χ1n) is 9.26. The molecule has 0 saturated carbocycles. The molecule has 0 aliphatic rings. The largest absolute Gasteiger partial charge is 0.494 e. The molecule has 0 atom stereocenters. The van der Waals surface area contributed by atoms with Crippen molar-refractivity contribution in [2.24, 2.45) is 0 Å². The first-order valence-corrected chi connectivity index (χ1v) is 9.26. The average Bonchev–Trinajstić information content (AvgIpc) is 2.69. The van der Waals surface area contributed by atoms with E-state index in [0.717, 1.165) is 25.2 Å². The first-order chi connectivity index (χ1) is 13.0. The molecule has 2 N–H and O–H groups in total. The molecule has 0 spiro atoms. The zero-order valence-corrected chi connectivity index (χ0v) is 16.2. The quantitative estimate of drug-likeness (QED) is 0.666. The summed E-state index contributed by atoms with van der Waals surface area (Å²) in [7, 11) is 1.42. The Kier molecular flexibility index (Phi) is 8.01. The number of rotatable bonds is 9. The van der Waals surface area contributed by atoms with Gasteiger partial charge in [-0.05, 0) is 43.2 Å². The third kappa shape index (κ3) is 6.53. The maximum absolute atomic E-state index is 13.6. The van der Waals surface area contributed by atoms with Crippen molar-refractivity contribution in [1.29, 1.82) is 0 Å². The molecule has 0 radical (unpaired) electrons. The number of methoxy groups -OCH3 is 1. The lowest BCUT2D eigenvalue weighted by Gasteiger charge is -2.15. The molecule has 0 fully saturated rings. The lowest BCUT2D eigenvalue weighted by Crippen LogP contribution is -3.10. The van der Waals surface area contributed by atoms with Crippen LogP contribution in [0.15, 0.2) is 48.5 Å². The molecule has 144 valence electrons. The lowest BCUT2D eigenvalue weighted by molar-refractivity contribution is -0.910. The van der Waals surface area contributed by atoms with Crippen molar-refractivity contribution in [3.63, 3.8) is 0 Å². The van der Waals surface area contributed by atoms with Crippen LogP contribution in [-0.2, 0) is 17.9 Å². The van der Waals surface area contributed by atoms with Gasteiger partial charge in [0.05, 0.1) is 20.2 Å². The molecule has 0 aliphatic heterocycles. The number of nitrogens with one attached hydrogen (secondary N) is 2. The van der Waals surface area contributed by atoms with Crippen molar-refractivity contribution in [2.45, 2.75) is 26.9 Å². The van der Waals surface area contributed by atoms with Crippen molar-refractivity contribution in [3.05, 3.63) is 71.0 Å². The summed E-state index contributed by atoms with van der Waals surface area (Å²) in [6.07, 6.45) is 2.98. The van der Waals surface area contributed by atoms with Gasteiger partial charge in [-0.1, -0.05) is 30.3 Å². The van der Waals surface area contributed by atoms with Crippen LogP contribution in [0.2, 0.25) is 0 Å². The third-order valence-corrected chi connectivity index (χ3v) is 4.55. The van der Waals surface area contributed by atoms with Crippen molar-refractivity contribution in [2.75, 3.05) is 20.2 Å². The van der Waals surface area contributed by atoms with Gasteiger partial charge in [0.15, 0.2) is 11.6 Å². The smallest absolute Gasteiger partial charge is 0.244 e. The van der Waals surface area contributed by atoms with Crippen LogP contribution >= 0.6 is 0 Å². The van der Waals surface area contributed by atoms with Gasteiger partial charge in [0, 0.05) is 18.2 Å². The Labute approximate surface area is 160 Å². The predicted octanol–water partition coefficient (Wildman–Crippen LogP) is 2.59. The molecule has 0 bridgehead atoms. The molecule has 0 aromatic heterocycles. The number of carbonyl (C=O) groups is 1. The van der Waals surface area contributed by atoms with E-state index in [1.54, 1.807) is 12.1 Å². The summed E-state index contributed by atoms with van der Waals surface area (Å²) in [5.41, 5.74) is 2.95. The number of halogens is 1. The van der Waals surface area contributed by atoms with E-state index in [9.17, 15) is 9.18 Å². The standard InChI is InChI=1S/C22H27FN2O2/c1-4-25(5-2)16-19-8-6-18(7-9-19)15-24-22(26)13-11-17-10-12-21(27-3)20(23)14-17/h6-14H,4-5,15-16H2,1-3H3,(H,24,26)/p+1/b13-11+.